The second-order valence-electron chi connectivity index (χ2n) is 6.09. The molecule has 1 atom stereocenters. The molecule has 6 heteroatoms. The van der Waals surface area contributed by atoms with E-state index in [-0.39, 0.29) is 9.92 Å². The van der Waals surface area contributed by atoms with Crippen LogP contribution in [0.4, 0.5) is 5.00 Å². The van der Waals surface area contributed by atoms with Crippen molar-refractivity contribution >= 4 is 16.3 Å². The van der Waals surface area contributed by atoms with Crippen LogP contribution in [-0.4, -0.2) is 36.0 Å². The highest BCUT2D eigenvalue weighted by molar-refractivity contribution is 7.15. The van der Waals surface area contributed by atoms with Gasteiger partial charge >= 0.3 is 5.00 Å². The summed E-state index contributed by atoms with van der Waals surface area (Å²) in [7, 11) is 0. The lowest BCUT2D eigenvalue weighted by atomic mass is 9.74. The summed E-state index contributed by atoms with van der Waals surface area (Å²) in [6.45, 7) is 5.40. The van der Waals surface area contributed by atoms with Crippen molar-refractivity contribution in [1.29, 1.82) is 0 Å². The minimum atomic E-state index is -0.295. The third-order valence-corrected chi connectivity index (χ3v) is 5.53. The number of likely N-dealkylation sites (tertiary alicyclic amines) is 1. The molecule has 1 aromatic rings. The summed E-state index contributed by atoms with van der Waals surface area (Å²) in [5.74, 6) is 0. The lowest BCUT2D eigenvalue weighted by Crippen LogP contribution is -2.50. The van der Waals surface area contributed by atoms with Gasteiger partial charge < -0.3 is 5.32 Å². The molecule has 2 fully saturated rings. The quantitative estimate of drug-likeness (QED) is 0.688. The van der Waals surface area contributed by atoms with Gasteiger partial charge in [-0.2, -0.15) is 0 Å². The molecular formula is C14H21N3O2S. The van der Waals surface area contributed by atoms with Crippen molar-refractivity contribution in [1.82, 2.24) is 10.2 Å². The molecule has 20 heavy (non-hydrogen) atoms. The molecule has 5 nitrogen and oxygen atoms in total. The molecule has 0 saturated carbocycles. The molecule has 0 aromatic carbocycles. The Morgan fingerprint density at radius 2 is 2.25 bits per heavy atom. The Bertz CT molecular complexity index is 477. The maximum Gasteiger partial charge on any atom is 0.324 e. The second kappa shape index (κ2) is 5.79. The molecule has 110 valence electrons. The van der Waals surface area contributed by atoms with Crippen molar-refractivity contribution in [2.45, 2.75) is 32.2 Å². The molecule has 0 amide bonds. The van der Waals surface area contributed by atoms with Gasteiger partial charge in [-0.3, -0.25) is 15.0 Å². The fourth-order valence-electron chi connectivity index (χ4n) is 3.59. The molecule has 3 heterocycles. The van der Waals surface area contributed by atoms with Crippen LogP contribution < -0.4 is 5.32 Å². The maximum absolute atomic E-state index is 10.7. The van der Waals surface area contributed by atoms with Gasteiger partial charge in [0.2, 0.25) is 0 Å². The van der Waals surface area contributed by atoms with Crippen LogP contribution in [0.15, 0.2) is 12.1 Å². The zero-order valence-electron chi connectivity index (χ0n) is 11.6. The molecule has 2 aliphatic rings. The first kappa shape index (κ1) is 14.0. The van der Waals surface area contributed by atoms with Crippen molar-refractivity contribution in [2.24, 2.45) is 5.41 Å². The SMILES string of the molecule is O=[N+]([O-])c1ccc(CN2CCCC3(CCCNC3)C2)s1. The average molecular weight is 295 g/mol. The third-order valence-electron chi connectivity index (χ3n) is 4.51. The standard InChI is InChI=1S/C14H21N3O2S/c18-17(19)13-4-3-12(20-13)9-16-8-2-6-14(11-16)5-1-7-15-10-14/h3-4,15H,1-2,5-11H2. The third kappa shape index (κ3) is 3.02. The summed E-state index contributed by atoms with van der Waals surface area (Å²) >= 11 is 1.31. The monoisotopic (exact) mass is 295 g/mol. The number of thiophene rings is 1. The molecule has 0 aliphatic carbocycles. The van der Waals surface area contributed by atoms with Crippen LogP contribution in [0, 0.1) is 15.5 Å². The molecular weight excluding hydrogens is 274 g/mol. The lowest BCUT2D eigenvalue weighted by Gasteiger charge is -2.45. The summed E-state index contributed by atoms with van der Waals surface area (Å²) in [6, 6.07) is 3.53. The van der Waals surface area contributed by atoms with E-state index in [4.69, 9.17) is 0 Å². The van der Waals surface area contributed by atoms with Gasteiger partial charge in [-0.15, -0.1) is 0 Å². The van der Waals surface area contributed by atoms with Gasteiger partial charge in [0.1, 0.15) is 0 Å². The zero-order valence-corrected chi connectivity index (χ0v) is 12.5. The van der Waals surface area contributed by atoms with Crippen molar-refractivity contribution in [3.05, 3.63) is 27.1 Å². The second-order valence-corrected chi connectivity index (χ2v) is 7.24. The summed E-state index contributed by atoms with van der Waals surface area (Å²) in [4.78, 5) is 14.0. The maximum atomic E-state index is 10.7. The number of nitrogens with zero attached hydrogens (tertiary/aromatic N) is 2. The van der Waals surface area contributed by atoms with E-state index in [0.29, 0.717) is 5.41 Å². The Hall–Kier alpha value is -0.980. The van der Waals surface area contributed by atoms with Crippen LogP contribution in [0.3, 0.4) is 0 Å². The van der Waals surface area contributed by atoms with Crippen molar-refractivity contribution < 1.29 is 4.92 Å². The van der Waals surface area contributed by atoms with Gasteiger partial charge in [0.05, 0.1) is 4.92 Å². The fraction of sp³-hybridized carbons (Fsp3) is 0.714. The van der Waals surface area contributed by atoms with Crippen LogP contribution in [0.5, 0.6) is 0 Å². The van der Waals surface area contributed by atoms with Crippen LogP contribution in [-0.2, 0) is 6.54 Å². The molecule has 1 N–H and O–H groups in total. The molecule has 0 bridgehead atoms. The first-order chi connectivity index (χ1) is 9.67. The number of nitrogens with one attached hydrogen (secondary N) is 1. The summed E-state index contributed by atoms with van der Waals surface area (Å²) in [5, 5.41) is 14.5. The highest BCUT2D eigenvalue weighted by Crippen LogP contribution is 2.37. The van der Waals surface area contributed by atoms with E-state index in [0.717, 1.165) is 37.6 Å². The smallest absolute Gasteiger partial charge is 0.316 e. The highest BCUT2D eigenvalue weighted by Gasteiger charge is 2.36. The number of hydrogen-bond donors (Lipinski definition) is 1. The Labute approximate surface area is 123 Å². The predicted octanol–water partition coefficient (Wildman–Crippen LogP) is 2.62. The van der Waals surface area contributed by atoms with Crippen molar-refractivity contribution in [3.8, 4) is 0 Å². The van der Waals surface area contributed by atoms with E-state index in [9.17, 15) is 10.1 Å². The van der Waals surface area contributed by atoms with E-state index >= 15 is 0 Å². The van der Waals surface area contributed by atoms with E-state index in [2.05, 4.69) is 10.2 Å². The topological polar surface area (TPSA) is 58.4 Å². The zero-order chi connectivity index (χ0) is 14.0. The lowest BCUT2D eigenvalue weighted by molar-refractivity contribution is -0.380. The molecule has 1 aromatic heterocycles. The van der Waals surface area contributed by atoms with Crippen molar-refractivity contribution in [2.75, 3.05) is 26.2 Å². The molecule has 2 aliphatic heterocycles. The number of piperidine rings is 2. The molecule has 0 radical (unpaired) electrons. The Balaban J connectivity index is 1.63. The van der Waals surface area contributed by atoms with Gasteiger partial charge in [-0.1, -0.05) is 11.3 Å². The minimum absolute atomic E-state index is 0.256. The summed E-state index contributed by atoms with van der Waals surface area (Å²) in [5.41, 5.74) is 0.444. The Morgan fingerprint density at radius 1 is 1.40 bits per heavy atom. The normalized spacial score (nSPS) is 27.8. The summed E-state index contributed by atoms with van der Waals surface area (Å²) in [6.07, 6.45) is 5.16. The van der Waals surface area contributed by atoms with Crippen molar-refractivity contribution in [3.63, 3.8) is 0 Å². The van der Waals surface area contributed by atoms with E-state index in [1.165, 1.54) is 37.0 Å². The molecule has 2 saturated heterocycles. The number of nitro groups is 1. The van der Waals surface area contributed by atoms with Crippen LogP contribution in [0.1, 0.15) is 30.6 Å². The van der Waals surface area contributed by atoms with Gasteiger partial charge in [-0.25, -0.2) is 0 Å². The molecule has 3 rings (SSSR count). The van der Waals surface area contributed by atoms with Crippen LogP contribution in [0.25, 0.3) is 0 Å². The Morgan fingerprint density at radius 3 is 2.95 bits per heavy atom. The van der Waals surface area contributed by atoms with E-state index < -0.39 is 0 Å². The van der Waals surface area contributed by atoms with Gasteiger partial charge in [-0.05, 0) is 50.3 Å². The minimum Gasteiger partial charge on any atom is -0.316 e. The average Bonchev–Trinajstić information content (AvgIpc) is 2.88. The van der Waals surface area contributed by atoms with Gasteiger partial charge in [0.15, 0.2) is 0 Å². The largest absolute Gasteiger partial charge is 0.324 e. The number of rotatable bonds is 3. The Kier molecular flexibility index (Phi) is 4.05. The van der Waals surface area contributed by atoms with Gasteiger partial charge in [0.25, 0.3) is 0 Å². The first-order valence-corrected chi connectivity index (χ1v) is 8.15. The summed E-state index contributed by atoms with van der Waals surface area (Å²) < 4.78 is 0. The highest BCUT2D eigenvalue weighted by atomic mass is 32.1. The van der Waals surface area contributed by atoms with Crippen LogP contribution in [0.2, 0.25) is 0 Å². The van der Waals surface area contributed by atoms with Gasteiger partial charge in [0, 0.05) is 30.6 Å². The van der Waals surface area contributed by atoms with E-state index in [1.54, 1.807) is 6.07 Å². The molecule has 1 unspecified atom stereocenters. The van der Waals surface area contributed by atoms with Crippen LogP contribution >= 0.6 is 11.3 Å². The first-order valence-electron chi connectivity index (χ1n) is 7.33. The predicted molar refractivity (Wildman–Crippen MR) is 80.0 cm³/mol. The fourth-order valence-corrected chi connectivity index (χ4v) is 4.46. The van der Waals surface area contributed by atoms with E-state index in [1.807, 2.05) is 6.07 Å². The molecule has 1 spiro atoms. The number of hydrogen-bond acceptors (Lipinski definition) is 5.